The summed E-state index contributed by atoms with van der Waals surface area (Å²) in [6, 6.07) is 3.21. The van der Waals surface area contributed by atoms with Crippen molar-refractivity contribution in [1.29, 1.82) is 0 Å². The molecule has 2 aliphatic rings. The Morgan fingerprint density at radius 2 is 1.76 bits per heavy atom. The van der Waals surface area contributed by atoms with Gasteiger partial charge in [0.1, 0.15) is 6.10 Å². The summed E-state index contributed by atoms with van der Waals surface area (Å²) >= 11 is 6.14. The molecule has 4 atom stereocenters. The summed E-state index contributed by atoms with van der Waals surface area (Å²) in [6.45, 7) is 9.58. The van der Waals surface area contributed by atoms with Gasteiger partial charge in [0.15, 0.2) is 5.75 Å². The number of nitrogens with zero attached hydrogens (tertiary/aromatic N) is 5. The Balaban J connectivity index is 1.65. The maximum Gasteiger partial charge on any atom is 0.416 e. The minimum absolute atomic E-state index is 0.00934. The number of likely N-dealkylation sites (tertiary alicyclic amines) is 2. The fraction of sp³-hybridized carbons (Fsp3) is 0.633. The third kappa shape index (κ3) is 7.98. The molecule has 0 bridgehead atoms. The Hall–Kier alpha value is -2.79. The monoisotopic (exact) mass is 611 g/mol. The number of likely N-dealkylation sites (N-methyl/N-ethyl adjacent to an activating group) is 1. The van der Waals surface area contributed by atoms with Gasteiger partial charge in [0.05, 0.1) is 24.1 Å². The van der Waals surface area contributed by atoms with E-state index in [0.717, 1.165) is 31.6 Å². The van der Waals surface area contributed by atoms with Crippen LogP contribution in [0.5, 0.6) is 5.75 Å². The van der Waals surface area contributed by atoms with Gasteiger partial charge >= 0.3 is 12.3 Å². The number of ether oxygens (including phenoxy) is 2. The molecule has 0 N–H and O–H groups in total. The van der Waals surface area contributed by atoms with Crippen molar-refractivity contribution >= 4 is 23.6 Å². The van der Waals surface area contributed by atoms with Crippen LogP contribution < -0.4 is 9.64 Å². The van der Waals surface area contributed by atoms with E-state index in [9.17, 15) is 18.0 Å². The molecule has 2 aliphatic heterocycles. The van der Waals surface area contributed by atoms with E-state index in [4.69, 9.17) is 21.1 Å². The van der Waals surface area contributed by atoms with Crippen molar-refractivity contribution in [3.63, 3.8) is 0 Å². The second-order valence-electron chi connectivity index (χ2n) is 11.6. The van der Waals surface area contributed by atoms with Gasteiger partial charge in [-0.05, 0) is 76.8 Å². The topological polar surface area (TPSA) is 71.0 Å². The molecular formula is C30H41ClF3N5O3. The molecule has 0 spiro atoms. The van der Waals surface area contributed by atoms with Crippen LogP contribution in [-0.2, 0) is 17.5 Å². The molecule has 2 saturated heterocycles. The van der Waals surface area contributed by atoms with Crippen molar-refractivity contribution in [2.24, 2.45) is 0 Å². The van der Waals surface area contributed by atoms with Crippen LogP contribution in [0.25, 0.3) is 0 Å². The average molecular weight is 612 g/mol. The fourth-order valence-corrected chi connectivity index (χ4v) is 6.22. The molecule has 0 aliphatic carbocycles. The molecule has 1 unspecified atom stereocenters. The average Bonchev–Trinajstić information content (AvgIpc) is 3.34. The summed E-state index contributed by atoms with van der Waals surface area (Å²) in [6.07, 6.45) is 1.67. The van der Waals surface area contributed by atoms with Crippen molar-refractivity contribution in [3.05, 3.63) is 46.7 Å². The van der Waals surface area contributed by atoms with Crippen LogP contribution in [0, 0.1) is 0 Å². The highest BCUT2D eigenvalue weighted by molar-refractivity contribution is 6.30. The third-order valence-corrected chi connectivity index (χ3v) is 8.18. The van der Waals surface area contributed by atoms with E-state index >= 15 is 0 Å². The molecule has 232 valence electrons. The Labute approximate surface area is 251 Å². The van der Waals surface area contributed by atoms with Gasteiger partial charge < -0.3 is 24.2 Å². The number of carbonyl (C=O) groups is 1. The maximum absolute atomic E-state index is 13.6. The summed E-state index contributed by atoms with van der Waals surface area (Å²) in [5, 5.41) is 0.00934. The first-order chi connectivity index (χ1) is 19.9. The molecule has 0 radical (unpaired) electrons. The molecular weight excluding hydrogens is 571 g/mol. The number of carbonyl (C=O) groups excluding carboxylic acids is 1. The Morgan fingerprint density at radius 3 is 2.29 bits per heavy atom. The smallest absolute Gasteiger partial charge is 0.416 e. The molecule has 3 heterocycles. The van der Waals surface area contributed by atoms with Crippen LogP contribution in [0.3, 0.4) is 0 Å². The largest absolute Gasteiger partial charge is 0.486 e. The first-order valence-corrected chi connectivity index (χ1v) is 15.0. The van der Waals surface area contributed by atoms with Crippen LogP contribution >= 0.6 is 11.6 Å². The van der Waals surface area contributed by atoms with Crippen LogP contribution in [0.4, 0.5) is 23.9 Å². The van der Waals surface area contributed by atoms with Gasteiger partial charge in [-0.1, -0.05) is 25.4 Å². The maximum atomic E-state index is 13.6. The van der Waals surface area contributed by atoms with E-state index in [1.165, 1.54) is 0 Å². The number of hydrogen-bond acceptors (Lipinski definition) is 7. The molecule has 2 aromatic rings. The Bertz CT molecular complexity index is 1190. The molecule has 12 heteroatoms. The minimum Gasteiger partial charge on any atom is -0.486 e. The van der Waals surface area contributed by atoms with Crippen LogP contribution in [0.2, 0.25) is 5.02 Å². The summed E-state index contributed by atoms with van der Waals surface area (Å²) in [5.74, 6) is 0.928. The lowest BCUT2D eigenvalue weighted by Crippen LogP contribution is -2.57. The summed E-state index contributed by atoms with van der Waals surface area (Å²) in [5.41, 5.74) is -0.407. The molecule has 4 rings (SSSR count). The highest BCUT2D eigenvalue weighted by atomic mass is 35.5. The zero-order valence-electron chi connectivity index (χ0n) is 24.9. The van der Waals surface area contributed by atoms with Gasteiger partial charge in [-0.25, -0.2) is 14.8 Å². The predicted octanol–water partition coefficient (Wildman–Crippen LogP) is 6.80. The number of anilines is 1. The van der Waals surface area contributed by atoms with Crippen LogP contribution in [0.1, 0.15) is 70.9 Å². The quantitative estimate of drug-likeness (QED) is 0.309. The number of amides is 1. The number of piperidine rings is 1. The van der Waals surface area contributed by atoms with Crippen molar-refractivity contribution < 1.29 is 27.4 Å². The first kappa shape index (κ1) is 32.1. The summed E-state index contributed by atoms with van der Waals surface area (Å²) < 4.78 is 52.6. The second kappa shape index (κ2) is 13.7. The van der Waals surface area contributed by atoms with Crippen molar-refractivity contribution in [2.75, 3.05) is 25.0 Å². The zero-order valence-corrected chi connectivity index (χ0v) is 25.7. The molecule has 42 heavy (non-hydrogen) atoms. The Kier molecular flexibility index (Phi) is 10.5. The number of halogens is 4. The van der Waals surface area contributed by atoms with Gasteiger partial charge in [0, 0.05) is 42.8 Å². The molecule has 1 aromatic heterocycles. The number of hydrogen-bond donors (Lipinski definition) is 0. The van der Waals surface area contributed by atoms with Gasteiger partial charge in [-0.3, -0.25) is 0 Å². The highest BCUT2D eigenvalue weighted by Gasteiger charge is 2.41. The lowest BCUT2D eigenvalue weighted by atomic mass is 9.87. The van der Waals surface area contributed by atoms with E-state index < -0.39 is 11.7 Å². The lowest BCUT2D eigenvalue weighted by molar-refractivity contribution is -0.137. The summed E-state index contributed by atoms with van der Waals surface area (Å²) in [4.78, 5) is 28.3. The highest BCUT2D eigenvalue weighted by Crippen LogP contribution is 2.36. The predicted molar refractivity (Wildman–Crippen MR) is 156 cm³/mol. The number of rotatable bonds is 9. The van der Waals surface area contributed by atoms with Gasteiger partial charge in [0.25, 0.3) is 0 Å². The van der Waals surface area contributed by atoms with Crippen molar-refractivity contribution in [3.8, 4) is 5.75 Å². The SMILES string of the molecule is CC[C@@H]1CC(N(Cc2cc(Cl)cc(C(F)(F)F)c2)c2ncc(O[C@@H]3CCN(C)C3)cn2)C[C@H](CC)N1C(=O)OC(C)C. The lowest BCUT2D eigenvalue weighted by Gasteiger charge is -2.47. The van der Waals surface area contributed by atoms with Crippen molar-refractivity contribution in [2.45, 2.75) is 103 Å². The number of aromatic nitrogens is 2. The standard InChI is InChI=1S/C30H41ClF3N5O3/c1-6-23-13-25(14-24(7-2)39(23)29(40)41-19(3)4)38(17-20-10-21(30(32,33)34)12-22(31)11-20)28-35-15-27(16-36-28)42-26-8-9-37(5)18-26/h10-12,15-16,19,23-26H,6-9,13-14,17-18H2,1-5H3/t23-,24+,25?,26-/m1/s1. The molecule has 8 nitrogen and oxygen atoms in total. The summed E-state index contributed by atoms with van der Waals surface area (Å²) in [7, 11) is 2.04. The molecule has 0 saturated carbocycles. The number of alkyl halides is 3. The molecule has 1 aromatic carbocycles. The van der Waals surface area contributed by atoms with Gasteiger partial charge in [-0.2, -0.15) is 13.2 Å². The van der Waals surface area contributed by atoms with Gasteiger partial charge in [0.2, 0.25) is 5.95 Å². The van der Waals surface area contributed by atoms with E-state index in [0.29, 0.717) is 42.9 Å². The third-order valence-electron chi connectivity index (χ3n) is 7.97. The zero-order chi connectivity index (χ0) is 30.6. The second-order valence-corrected chi connectivity index (χ2v) is 12.0. The normalized spacial score (nSPS) is 23.3. The Morgan fingerprint density at radius 1 is 1.12 bits per heavy atom. The van der Waals surface area contributed by atoms with E-state index in [-0.39, 0.29) is 48.0 Å². The van der Waals surface area contributed by atoms with Gasteiger partial charge in [-0.15, -0.1) is 0 Å². The van der Waals surface area contributed by atoms with E-state index in [1.54, 1.807) is 18.5 Å². The first-order valence-electron chi connectivity index (χ1n) is 14.7. The number of benzene rings is 1. The van der Waals surface area contributed by atoms with E-state index in [2.05, 4.69) is 14.9 Å². The fourth-order valence-electron chi connectivity index (χ4n) is 5.96. The molecule has 1 amide bonds. The molecule has 2 fully saturated rings. The minimum atomic E-state index is -4.53. The van der Waals surface area contributed by atoms with Crippen LogP contribution in [0.15, 0.2) is 30.6 Å². The van der Waals surface area contributed by atoms with E-state index in [1.807, 2.05) is 44.5 Å². The van der Waals surface area contributed by atoms with Crippen LogP contribution in [-0.4, -0.2) is 76.3 Å². The van der Waals surface area contributed by atoms with Crippen molar-refractivity contribution in [1.82, 2.24) is 19.8 Å².